The molecule has 3 nitrogen and oxygen atoms in total. The monoisotopic (exact) mass is 396 g/mol. The summed E-state index contributed by atoms with van der Waals surface area (Å²) in [5.41, 5.74) is 4.17. The molecule has 0 saturated heterocycles. The van der Waals surface area contributed by atoms with E-state index in [1.165, 1.54) is 0 Å². The largest absolute Gasteiger partial charge is 0.506 e. The van der Waals surface area contributed by atoms with Crippen LogP contribution in [0.3, 0.4) is 0 Å². The number of ether oxygens (including phenoxy) is 1. The Bertz CT molecular complexity index is 853. The van der Waals surface area contributed by atoms with E-state index >= 15 is 0 Å². The van der Waals surface area contributed by atoms with Crippen molar-refractivity contribution in [1.82, 2.24) is 4.90 Å². The Balaban J connectivity index is 1.95. The molecular weight excluding hydrogens is 380 g/mol. The lowest BCUT2D eigenvalue weighted by atomic mass is 9.86. The zero-order valence-electron chi connectivity index (χ0n) is 13.8. The Kier molecular flexibility index (Phi) is 4.53. The fourth-order valence-electron chi connectivity index (χ4n) is 3.83. The second-order valence-corrected chi connectivity index (χ2v) is 7.93. The quantitative estimate of drug-likeness (QED) is 0.742. The van der Waals surface area contributed by atoms with Crippen LogP contribution in [0.5, 0.6) is 11.5 Å². The van der Waals surface area contributed by atoms with Crippen LogP contribution in [0.15, 0.2) is 18.2 Å². The van der Waals surface area contributed by atoms with Gasteiger partial charge in [0.1, 0.15) is 11.5 Å². The molecule has 0 radical (unpaired) electrons. The highest BCUT2D eigenvalue weighted by molar-refractivity contribution is 6.42. The molecule has 25 heavy (non-hydrogen) atoms. The lowest BCUT2D eigenvalue weighted by Gasteiger charge is -2.25. The van der Waals surface area contributed by atoms with Gasteiger partial charge in [0.25, 0.3) is 0 Å². The van der Waals surface area contributed by atoms with Crippen LogP contribution in [0, 0.1) is 0 Å². The number of rotatable bonds is 1. The zero-order chi connectivity index (χ0) is 17.7. The molecule has 0 aromatic heterocycles. The van der Waals surface area contributed by atoms with Crippen LogP contribution in [0.4, 0.5) is 0 Å². The van der Waals surface area contributed by atoms with Gasteiger partial charge in [0, 0.05) is 31.0 Å². The Labute approximate surface area is 162 Å². The van der Waals surface area contributed by atoms with Crippen molar-refractivity contribution in [2.45, 2.75) is 18.8 Å². The SMILES string of the molecule is [11CH3]N1CCc2cc(Cl)c(O)cc2[C@@H](c2c(Cl)c(Cl)cc3c2OCC3)C1. The molecule has 0 amide bonds. The molecule has 1 N–H and O–H groups in total. The third kappa shape index (κ3) is 2.97. The molecule has 2 aromatic carbocycles. The molecule has 2 aliphatic heterocycles. The highest BCUT2D eigenvalue weighted by Crippen LogP contribution is 2.47. The van der Waals surface area contributed by atoms with Gasteiger partial charge in [-0.3, -0.25) is 0 Å². The summed E-state index contributed by atoms with van der Waals surface area (Å²) in [5.74, 6) is 0.893. The molecule has 1 atom stereocenters. The lowest BCUT2D eigenvalue weighted by Crippen LogP contribution is -2.24. The van der Waals surface area contributed by atoms with Gasteiger partial charge in [-0.15, -0.1) is 0 Å². The van der Waals surface area contributed by atoms with Crippen LogP contribution in [0.2, 0.25) is 15.1 Å². The standard InChI is InChI=1S/C19H18Cl3NO2/c1-23-4-2-10-6-14(20)16(24)8-12(10)13(9-23)17-18(22)15(21)7-11-3-5-25-19(11)17/h6-8,13,24H,2-5,9H2,1H3/t13-/m0/s1/i1-1. The average molecular weight is 398 g/mol. The maximum atomic E-state index is 10.2. The molecule has 0 unspecified atom stereocenters. The fourth-order valence-corrected chi connectivity index (χ4v) is 4.52. The third-order valence-corrected chi connectivity index (χ3v) is 6.20. The van der Waals surface area contributed by atoms with Gasteiger partial charge in [-0.25, -0.2) is 0 Å². The van der Waals surface area contributed by atoms with Crippen molar-refractivity contribution in [2.75, 3.05) is 26.7 Å². The lowest BCUT2D eigenvalue weighted by molar-refractivity contribution is 0.327. The maximum Gasteiger partial charge on any atom is 0.134 e. The van der Waals surface area contributed by atoms with E-state index in [2.05, 4.69) is 11.9 Å². The van der Waals surface area contributed by atoms with E-state index in [4.69, 9.17) is 39.5 Å². The number of phenols is 1. The van der Waals surface area contributed by atoms with Gasteiger partial charge in [0.2, 0.25) is 0 Å². The summed E-state index contributed by atoms with van der Waals surface area (Å²) < 4.78 is 5.91. The normalized spacial score (nSPS) is 19.9. The van der Waals surface area contributed by atoms with E-state index in [1.807, 2.05) is 12.1 Å². The van der Waals surface area contributed by atoms with Gasteiger partial charge in [-0.2, -0.15) is 0 Å². The van der Waals surface area contributed by atoms with E-state index in [0.29, 0.717) is 21.7 Å². The van der Waals surface area contributed by atoms with Crippen molar-refractivity contribution >= 4 is 34.8 Å². The smallest absolute Gasteiger partial charge is 0.134 e. The predicted molar refractivity (Wildman–Crippen MR) is 102 cm³/mol. The van der Waals surface area contributed by atoms with Crippen LogP contribution in [-0.2, 0) is 12.8 Å². The van der Waals surface area contributed by atoms with Crippen LogP contribution in [-0.4, -0.2) is 36.8 Å². The number of likely N-dealkylation sites (N-methyl/N-ethyl adjacent to an activating group) is 1. The first-order valence-corrected chi connectivity index (χ1v) is 9.42. The number of hydrogen-bond acceptors (Lipinski definition) is 3. The molecule has 132 valence electrons. The van der Waals surface area contributed by atoms with E-state index in [-0.39, 0.29) is 11.7 Å². The van der Waals surface area contributed by atoms with Gasteiger partial charge in [-0.1, -0.05) is 34.8 Å². The number of benzene rings is 2. The van der Waals surface area contributed by atoms with Gasteiger partial charge in [0.05, 0.1) is 21.7 Å². The first-order chi connectivity index (χ1) is 12.0. The molecule has 6 heteroatoms. The van der Waals surface area contributed by atoms with E-state index in [0.717, 1.165) is 53.9 Å². The van der Waals surface area contributed by atoms with Gasteiger partial charge >= 0.3 is 0 Å². The molecule has 4 rings (SSSR count). The zero-order valence-corrected chi connectivity index (χ0v) is 16.0. The number of nitrogens with zero attached hydrogens (tertiary/aromatic N) is 1. The van der Waals surface area contributed by atoms with Crippen molar-refractivity contribution in [3.8, 4) is 11.5 Å². The first kappa shape index (κ1) is 17.3. The van der Waals surface area contributed by atoms with Gasteiger partial charge in [0.15, 0.2) is 0 Å². The molecule has 2 aliphatic rings. The number of phenolic OH excluding ortho intramolecular Hbond substituents is 1. The summed E-state index contributed by atoms with van der Waals surface area (Å²) in [7, 11) is 2.08. The minimum atomic E-state index is -0.0382. The fraction of sp³-hybridized carbons (Fsp3) is 0.368. The average Bonchev–Trinajstić information content (AvgIpc) is 2.96. The third-order valence-electron chi connectivity index (χ3n) is 5.09. The van der Waals surface area contributed by atoms with Crippen LogP contribution in [0.25, 0.3) is 0 Å². The summed E-state index contributed by atoms with van der Waals surface area (Å²) in [6, 6.07) is 5.52. The number of fused-ring (bicyclic) bond motifs is 2. The number of hydrogen-bond donors (Lipinski definition) is 1. The summed E-state index contributed by atoms with van der Waals surface area (Å²) in [5, 5.41) is 11.6. The van der Waals surface area contributed by atoms with Gasteiger partial charge in [-0.05, 0) is 48.4 Å². The Hall–Kier alpha value is -1.13. The summed E-state index contributed by atoms with van der Waals surface area (Å²) in [4.78, 5) is 2.26. The van der Waals surface area contributed by atoms with Crippen molar-refractivity contribution in [3.05, 3.63) is 55.5 Å². The van der Waals surface area contributed by atoms with E-state index in [1.54, 1.807) is 6.07 Å². The van der Waals surface area contributed by atoms with Crippen LogP contribution < -0.4 is 4.74 Å². The maximum absolute atomic E-state index is 10.2. The predicted octanol–water partition coefficient (Wildman–Crippen LogP) is 4.91. The minimum Gasteiger partial charge on any atom is -0.506 e. The van der Waals surface area contributed by atoms with Crippen LogP contribution in [0.1, 0.15) is 28.2 Å². The second kappa shape index (κ2) is 6.55. The molecule has 2 heterocycles. The number of aromatic hydroxyl groups is 1. The highest BCUT2D eigenvalue weighted by Gasteiger charge is 2.32. The van der Waals surface area contributed by atoms with Crippen molar-refractivity contribution < 1.29 is 9.84 Å². The summed E-state index contributed by atoms with van der Waals surface area (Å²) >= 11 is 19.2. The molecule has 0 fully saturated rings. The van der Waals surface area contributed by atoms with E-state index in [9.17, 15) is 5.11 Å². The van der Waals surface area contributed by atoms with E-state index < -0.39 is 0 Å². The molecule has 0 saturated carbocycles. The van der Waals surface area contributed by atoms with Crippen molar-refractivity contribution in [3.63, 3.8) is 0 Å². The Morgan fingerprint density at radius 2 is 1.84 bits per heavy atom. The highest BCUT2D eigenvalue weighted by atomic mass is 35.5. The molecule has 2 aromatic rings. The molecule has 0 bridgehead atoms. The van der Waals surface area contributed by atoms with Gasteiger partial charge < -0.3 is 14.7 Å². The molecule has 0 aliphatic carbocycles. The number of halogens is 3. The summed E-state index contributed by atoms with van der Waals surface area (Å²) in [6.45, 7) is 2.32. The second-order valence-electron chi connectivity index (χ2n) is 6.74. The summed E-state index contributed by atoms with van der Waals surface area (Å²) in [6.07, 6.45) is 1.70. The van der Waals surface area contributed by atoms with Crippen molar-refractivity contribution in [2.24, 2.45) is 0 Å². The topological polar surface area (TPSA) is 32.7 Å². The van der Waals surface area contributed by atoms with Crippen LogP contribution >= 0.6 is 34.8 Å². The molecular formula is C19H18Cl3NO2. The minimum absolute atomic E-state index is 0.0382. The Morgan fingerprint density at radius 3 is 2.64 bits per heavy atom. The van der Waals surface area contributed by atoms with Crippen molar-refractivity contribution in [1.29, 1.82) is 0 Å². The Morgan fingerprint density at radius 1 is 1.08 bits per heavy atom. The first-order valence-electron chi connectivity index (χ1n) is 8.29. The molecule has 0 spiro atoms.